The van der Waals surface area contributed by atoms with Gasteiger partial charge in [-0.2, -0.15) is 0 Å². The van der Waals surface area contributed by atoms with Crippen LogP contribution in [-0.2, 0) is 9.53 Å². The molecule has 3 atom stereocenters. The molecule has 1 saturated heterocycles. The van der Waals surface area contributed by atoms with Crippen molar-refractivity contribution in [2.45, 2.75) is 64.2 Å². The van der Waals surface area contributed by atoms with Gasteiger partial charge >= 0.3 is 0 Å². The zero-order valence-corrected chi connectivity index (χ0v) is 10.4. The van der Waals surface area contributed by atoms with Gasteiger partial charge in [0.15, 0.2) is 0 Å². The van der Waals surface area contributed by atoms with Gasteiger partial charge in [-0.1, -0.05) is 0 Å². The number of ether oxygens (including phenoxy) is 1. The van der Waals surface area contributed by atoms with Gasteiger partial charge in [0.05, 0.1) is 12.2 Å². The van der Waals surface area contributed by atoms with Crippen molar-refractivity contribution in [1.29, 1.82) is 0 Å². The maximum Gasteiger partial charge on any atom is 0.220 e. The number of nitrogens with two attached hydrogens (primary N) is 1. The molecular formula is C12H24N2O2. The Morgan fingerprint density at radius 3 is 2.88 bits per heavy atom. The minimum atomic E-state index is 0.115. The molecule has 16 heavy (non-hydrogen) atoms. The fraction of sp³-hybridized carbons (Fsp3) is 0.917. The number of hydrogen-bond acceptors (Lipinski definition) is 3. The topological polar surface area (TPSA) is 64.3 Å². The Balaban J connectivity index is 2.02. The second kappa shape index (κ2) is 6.86. The Labute approximate surface area is 97.9 Å². The van der Waals surface area contributed by atoms with E-state index in [1.54, 1.807) is 0 Å². The van der Waals surface area contributed by atoms with E-state index in [0.717, 1.165) is 25.7 Å². The molecule has 0 aromatic heterocycles. The quantitative estimate of drug-likeness (QED) is 0.717. The van der Waals surface area contributed by atoms with Crippen molar-refractivity contribution in [2.75, 3.05) is 6.54 Å². The standard InChI is InChI=1S/C12H24N2O2/c1-9(13)7-8-14-12(15)6-5-11-4-3-10(2)16-11/h9-11H,3-8,13H2,1-2H3,(H,14,15). The van der Waals surface area contributed by atoms with Gasteiger partial charge in [0.1, 0.15) is 0 Å². The van der Waals surface area contributed by atoms with Crippen LogP contribution < -0.4 is 11.1 Å². The van der Waals surface area contributed by atoms with E-state index in [4.69, 9.17) is 10.5 Å². The first-order valence-corrected chi connectivity index (χ1v) is 6.25. The van der Waals surface area contributed by atoms with Gasteiger partial charge in [-0.05, 0) is 39.5 Å². The molecule has 1 rings (SSSR count). The Kier molecular flexibility index (Phi) is 5.77. The minimum absolute atomic E-state index is 0.115. The van der Waals surface area contributed by atoms with Crippen molar-refractivity contribution in [1.82, 2.24) is 5.32 Å². The highest BCUT2D eigenvalue weighted by Gasteiger charge is 2.21. The molecule has 94 valence electrons. The van der Waals surface area contributed by atoms with Crippen molar-refractivity contribution in [3.63, 3.8) is 0 Å². The Morgan fingerprint density at radius 2 is 2.31 bits per heavy atom. The lowest BCUT2D eigenvalue weighted by molar-refractivity contribution is -0.121. The van der Waals surface area contributed by atoms with Crippen LogP contribution in [0.3, 0.4) is 0 Å². The maximum atomic E-state index is 11.5. The first-order chi connectivity index (χ1) is 7.58. The molecule has 0 aliphatic carbocycles. The van der Waals surface area contributed by atoms with E-state index in [9.17, 15) is 4.79 Å². The summed E-state index contributed by atoms with van der Waals surface area (Å²) in [7, 11) is 0. The van der Waals surface area contributed by atoms with Crippen LogP contribution in [0.25, 0.3) is 0 Å². The molecular weight excluding hydrogens is 204 g/mol. The van der Waals surface area contributed by atoms with E-state index >= 15 is 0 Å². The molecule has 0 radical (unpaired) electrons. The summed E-state index contributed by atoms with van der Waals surface area (Å²) in [6.07, 6.45) is 5.11. The summed E-state index contributed by atoms with van der Waals surface area (Å²) < 4.78 is 5.65. The second-order valence-electron chi connectivity index (χ2n) is 4.80. The van der Waals surface area contributed by atoms with Gasteiger partial charge in [0.25, 0.3) is 0 Å². The fourth-order valence-corrected chi connectivity index (χ4v) is 1.92. The first-order valence-electron chi connectivity index (χ1n) is 6.25. The second-order valence-corrected chi connectivity index (χ2v) is 4.80. The Hall–Kier alpha value is -0.610. The van der Waals surface area contributed by atoms with Crippen LogP contribution in [0, 0.1) is 0 Å². The van der Waals surface area contributed by atoms with Crippen LogP contribution in [0.15, 0.2) is 0 Å². The van der Waals surface area contributed by atoms with Crippen molar-refractivity contribution in [3.05, 3.63) is 0 Å². The maximum absolute atomic E-state index is 11.5. The molecule has 0 aromatic rings. The van der Waals surface area contributed by atoms with E-state index in [1.165, 1.54) is 0 Å². The zero-order chi connectivity index (χ0) is 12.0. The predicted octanol–water partition coefficient (Wildman–Crippen LogP) is 1.19. The number of nitrogens with one attached hydrogen (secondary N) is 1. The predicted molar refractivity (Wildman–Crippen MR) is 64.1 cm³/mol. The van der Waals surface area contributed by atoms with E-state index < -0.39 is 0 Å². The van der Waals surface area contributed by atoms with E-state index in [-0.39, 0.29) is 18.1 Å². The van der Waals surface area contributed by atoms with Crippen molar-refractivity contribution in [2.24, 2.45) is 5.73 Å². The molecule has 3 unspecified atom stereocenters. The third-order valence-electron chi connectivity index (χ3n) is 2.94. The Bertz CT molecular complexity index is 219. The highest BCUT2D eigenvalue weighted by Crippen LogP contribution is 2.22. The van der Waals surface area contributed by atoms with Crippen LogP contribution in [0.1, 0.15) is 46.0 Å². The largest absolute Gasteiger partial charge is 0.375 e. The molecule has 1 heterocycles. The molecule has 4 nitrogen and oxygen atoms in total. The number of hydrogen-bond donors (Lipinski definition) is 2. The third kappa shape index (κ3) is 5.47. The summed E-state index contributed by atoms with van der Waals surface area (Å²) in [4.78, 5) is 11.5. The summed E-state index contributed by atoms with van der Waals surface area (Å²) in [5.74, 6) is 0.115. The summed E-state index contributed by atoms with van der Waals surface area (Å²) >= 11 is 0. The van der Waals surface area contributed by atoms with Crippen LogP contribution in [0.5, 0.6) is 0 Å². The molecule has 3 N–H and O–H groups in total. The van der Waals surface area contributed by atoms with Crippen LogP contribution in [0.4, 0.5) is 0 Å². The molecule has 4 heteroatoms. The van der Waals surface area contributed by atoms with E-state index in [1.807, 2.05) is 6.92 Å². The molecule has 0 bridgehead atoms. The lowest BCUT2D eigenvalue weighted by Gasteiger charge is -2.11. The van der Waals surface area contributed by atoms with Gasteiger partial charge in [0, 0.05) is 19.0 Å². The van der Waals surface area contributed by atoms with Crippen molar-refractivity contribution < 1.29 is 9.53 Å². The molecule has 1 aliphatic heterocycles. The summed E-state index contributed by atoms with van der Waals surface area (Å²) in [5.41, 5.74) is 5.60. The highest BCUT2D eigenvalue weighted by molar-refractivity contribution is 5.75. The average molecular weight is 228 g/mol. The van der Waals surface area contributed by atoms with Crippen LogP contribution >= 0.6 is 0 Å². The zero-order valence-electron chi connectivity index (χ0n) is 10.4. The smallest absolute Gasteiger partial charge is 0.220 e. The van der Waals surface area contributed by atoms with E-state index in [2.05, 4.69) is 12.2 Å². The van der Waals surface area contributed by atoms with Gasteiger partial charge < -0.3 is 15.8 Å². The average Bonchev–Trinajstić information content (AvgIpc) is 2.61. The molecule has 0 saturated carbocycles. The Morgan fingerprint density at radius 1 is 1.56 bits per heavy atom. The monoisotopic (exact) mass is 228 g/mol. The number of carbonyl (C=O) groups is 1. The van der Waals surface area contributed by atoms with Gasteiger partial charge in [-0.3, -0.25) is 4.79 Å². The molecule has 1 amide bonds. The lowest BCUT2D eigenvalue weighted by Crippen LogP contribution is -2.29. The normalized spacial score (nSPS) is 26.7. The summed E-state index contributed by atoms with van der Waals surface area (Å²) in [6, 6.07) is 0.152. The number of carbonyl (C=O) groups excluding carboxylic acids is 1. The van der Waals surface area contributed by atoms with E-state index in [0.29, 0.717) is 19.1 Å². The minimum Gasteiger partial charge on any atom is -0.375 e. The number of rotatable bonds is 6. The van der Waals surface area contributed by atoms with Crippen LogP contribution in [-0.4, -0.2) is 30.7 Å². The summed E-state index contributed by atoms with van der Waals surface area (Å²) in [5, 5.41) is 2.87. The van der Waals surface area contributed by atoms with Crippen LogP contribution in [0.2, 0.25) is 0 Å². The SMILES string of the molecule is CC(N)CCNC(=O)CCC1CCC(C)O1. The van der Waals surface area contributed by atoms with Gasteiger partial charge in [0.2, 0.25) is 5.91 Å². The molecule has 1 aliphatic rings. The molecule has 1 fully saturated rings. The van der Waals surface area contributed by atoms with Crippen molar-refractivity contribution in [3.8, 4) is 0 Å². The fourth-order valence-electron chi connectivity index (χ4n) is 1.92. The number of amides is 1. The van der Waals surface area contributed by atoms with Gasteiger partial charge in [-0.25, -0.2) is 0 Å². The first kappa shape index (κ1) is 13.5. The van der Waals surface area contributed by atoms with Gasteiger partial charge in [-0.15, -0.1) is 0 Å². The summed E-state index contributed by atoms with van der Waals surface area (Å²) in [6.45, 7) is 4.71. The molecule has 0 aromatic carbocycles. The highest BCUT2D eigenvalue weighted by atomic mass is 16.5. The van der Waals surface area contributed by atoms with Crippen molar-refractivity contribution >= 4 is 5.91 Å². The third-order valence-corrected chi connectivity index (χ3v) is 2.94. The molecule has 0 spiro atoms. The lowest BCUT2D eigenvalue weighted by atomic mass is 10.1.